The van der Waals surface area contributed by atoms with E-state index in [1.165, 1.54) is 9.81 Å². The van der Waals surface area contributed by atoms with Gasteiger partial charge in [0.15, 0.2) is 0 Å². The lowest BCUT2D eigenvalue weighted by Gasteiger charge is -2.22. The molecule has 0 spiro atoms. The topological polar surface area (TPSA) is 40.6 Å². The standard InChI is InChI=1S/C18H20N2O2S2/c1-19-15-5-3-13(7-11(15)9-17(19)21)23-24-14-4-6-16-12(8-14)10-18(22)20(16)2/h3-6,11-12H,7-10H2,1-2H3. The number of hydrogen-bond donors (Lipinski definition) is 0. The summed E-state index contributed by atoms with van der Waals surface area (Å²) in [5, 5.41) is 0. The molecule has 2 atom stereocenters. The van der Waals surface area contributed by atoms with Gasteiger partial charge in [-0.1, -0.05) is 33.7 Å². The number of allylic oxidation sites excluding steroid dienone is 8. The first-order valence-corrected chi connectivity index (χ1v) is 10.4. The average molecular weight is 361 g/mol. The SMILES string of the molecule is CN1C(=O)CC2CC(SSC3=CC=C4C(CC(=O)N4C)C3)=CC=C21. The van der Waals surface area contributed by atoms with Gasteiger partial charge in [-0.25, -0.2) is 0 Å². The Labute approximate surface area is 150 Å². The highest BCUT2D eigenvalue weighted by Crippen LogP contribution is 2.48. The zero-order chi connectivity index (χ0) is 16.8. The summed E-state index contributed by atoms with van der Waals surface area (Å²) in [5.74, 6) is 1.15. The minimum atomic E-state index is 0.223. The van der Waals surface area contributed by atoms with Crippen LogP contribution in [0.15, 0.2) is 45.5 Å². The number of carbonyl (C=O) groups excluding carboxylic acids is 2. The van der Waals surface area contributed by atoms with Crippen molar-refractivity contribution in [3.63, 3.8) is 0 Å². The molecule has 2 aliphatic carbocycles. The molecule has 0 aromatic rings. The lowest BCUT2D eigenvalue weighted by atomic mass is 9.97. The van der Waals surface area contributed by atoms with E-state index < -0.39 is 0 Å². The van der Waals surface area contributed by atoms with E-state index in [4.69, 9.17) is 0 Å². The molecule has 126 valence electrons. The van der Waals surface area contributed by atoms with E-state index in [-0.39, 0.29) is 11.8 Å². The van der Waals surface area contributed by atoms with Crippen molar-refractivity contribution in [2.45, 2.75) is 25.7 Å². The number of nitrogens with zero attached hydrogens (tertiary/aromatic N) is 2. The molecule has 0 N–H and O–H groups in total. The first kappa shape index (κ1) is 16.1. The van der Waals surface area contributed by atoms with Crippen LogP contribution in [0.1, 0.15) is 25.7 Å². The van der Waals surface area contributed by atoms with Gasteiger partial charge in [-0.05, 0) is 34.8 Å². The van der Waals surface area contributed by atoms with E-state index in [2.05, 4.69) is 24.3 Å². The third kappa shape index (κ3) is 2.75. The Balaban J connectivity index is 1.38. The lowest BCUT2D eigenvalue weighted by Crippen LogP contribution is -2.18. The number of carbonyl (C=O) groups is 2. The van der Waals surface area contributed by atoms with Crippen LogP contribution in [0.4, 0.5) is 0 Å². The molecule has 4 nitrogen and oxygen atoms in total. The second-order valence-electron chi connectivity index (χ2n) is 6.73. The van der Waals surface area contributed by atoms with Crippen molar-refractivity contribution in [2.24, 2.45) is 11.8 Å². The van der Waals surface area contributed by atoms with Gasteiger partial charge >= 0.3 is 0 Å². The molecule has 0 aromatic heterocycles. The van der Waals surface area contributed by atoms with Crippen molar-refractivity contribution in [3.05, 3.63) is 45.5 Å². The van der Waals surface area contributed by atoms with Gasteiger partial charge in [-0.2, -0.15) is 0 Å². The monoisotopic (exact) mass is 360 g/mol. The lowest BCUT2D eigenvalue weighted by molar-refractivity contribution is -0.126. The number of fused-ring (bicyclic) bond motifs is 2. The smallest absolute Gasteiger partial charge is 0.227 e. The average Bonchev–Trinajstić information content (AvgIpc) is 3.02. The molecule has 6 heteroatoms. The zero-order valence-corrected chi connectivity index (χ0v) is 15.5. The molecule has 24 heavy (non-hydrogen) atoms. The van der Waals surface area contributed by atoms with E-state index in [1.807, 2.05) is 14.1 Å². The first-order chi connectivity index (χ1) is 11.5. The summed E-state index contributed by atoms with van der Waals surface area (Å²) in [4.78, 5) is 29.9. The van der Waals surface area contributed by atoms with Crippen LogP contribution in [0.2, 0.25) is 0 Å². The summed E-state index contributed by atoms with van der Waals surface area (Å²) in [6.45, 7) is 0. The summed E-state index contributed by atoms with van der Waals surface area (Å²) >= 11 is 0. The second-order valence-corrected chi connectivity index (χ2v) is 9.11. The van der Waals surface area contributed by atoms with E-state index in [1.54, 1.807) is 31.4 Å². The molecular formula is C18H20N2O2S2. The van der Waals surface area contributed by atoms with E-state index in [0.717, 1.165) is 24.2 Å². The molecule has 0 aromatic carbocycles. The highest BCUT2D eigenvalue weighted by molar-refractivity contribution is 8.79. The van der Waals surface area contributed by atoms with Crippen molar-refractivity contribution in [2.75, 3.05) is 14.1 Å². The maximum atomic E-state index is 11.8. The molecule has 0 saturated carbocycles. The van der Waals surface area contributed by atoms with Gasteiger partial charge in [-0.15, -0.1) is 0 Å². The minimum Gasteiger partial charge on any atom is -0.319 e. The van der Waals surface area contributed by atoms with Crippen LogP contribution in [-0.4, -0.2) is 35.7 Å². The van der Waals surface area contributed by atoms with E-state index in [9.17, 15) is 9.59 Å². The summed E-state index contributed by atoms with van der Waals surface area (Å²) in [6.07, 6.45) is 11.7. The largest absolute Gasteiger partial charge is 0.319 e. The fraction of sp³-hybridized carbons (Fsp3) is 0.444. The molecule has 0 bridgehead atoms. The number of rotatable bonds is 3. The Morgan fingerprint density at radius 2 is 1.17 bits per heavy atom. The predicted octanol–water partition coefficient (Wildman–Crippen LogP) is 3.67. The van der Waals surface area contributed by atoms with Crippen LogP contribution in [0.3, 0.4) is 0 Å². The van der Waals surface area contributed by atoms with Gasteiger partial charge in [0.25, 0.3) is 0 Å². The highest BCUT2D eigenvalue weighted by Gasteiger charge is 2.35. The number of amides is 2. The molecule has 0 radical (unpaired) electrons. The van der Waals surface area contributed by atoms with Crippen molar-refractivity contribution in [1.29, 1.82) is 0 Å². The van der Waals surface area contributed by atoms with Gasteiger partial charge in [-0.3, -0.25) is 9.59 Å². The molecule has 2 aliphatic heterocycles. The van der Waals surface area contributed by atoms with Gasteiger partial charge in [0, 0.05) is 50.2 Å². The van der Waals surface area contributed by atoms with E-state index >= 15 is 0 Å². The Morgan fingerprint density at radius 3 is 1.58 bits per heavy atom. The van der Waals surface area contributed by atoms with Crippen LogP contribution in [-0.2, 0) is 9.59 Å². The summed E-state index contributed by atoms with van der Waals surface area (Å²) in [7, 11) is 7.33. The van der Waals surface area contributed by atoms with Crippen molar-refractivity contribution in [1.82, 2.24) is 9.80 Å². The molecule has 2 fully saturated rings. The Morgan fingerprint density at radius 1 is 0.750 bits per heavy atom. The quantitative estimate of drug-likeness (QED) is 0.720. The third-order valence-corrected chi connectivity index (χ3v) is 7.88. The van der Waals surface area contributed by atoms with Crippen molar-refractivity contribution < 1.29 is 9.59 Å². The van der Waals surface area contributed by atoms with Gasteiger partial charge < -0.3 is 9.80 Å². The maximum absolute atomic E-state index is 11.8. The van der Waals surface area contributed by atoms with Crippen LogP contribution < -0.4 is 0 Å². The Kier molecular flexibility index (Phi) is 4.12. The van der Waals surface area contributed by atoms with Gasteiger partial charge in [0.2, 0.25) is 11.8 Å². The molecule has 2 amide bonds. The van der Waals surface area contributed by atoms with Gasteiger partial charge in [0.1, 0.15) is 0 Å². The van der Waals surface area contributed by atoms with Crippen LogP contribution in [0, 0.1) is 11.8 Å². The molecule has 2 saturated heterocycles. The Bertz CT molecular complexity index is 673. The third-order valence-electron chi connectivity index (χ3n) is 5.23. The molecular weight excluding hydrogens is 340 g/mol. The van der Waals surface area contributed by atoms with Crippen LogP contribution in [0.25, 0.3) is 0 Å². The molecule has 2 heterocycles. The summed E-state index contributed by atoms with van der Waals surface area (Å²) < 4.78 is 0. The van der Waals surface area contributed by atoms with Crippen molar-refractivity contribution in [3.8, 4) is 0 Å². The fourth-order valence-electron chi connectivity index (χ4n) is 3.80. The van der Waals surface area contributed by atoms with Crippen molar-refractivity contribution >= 4 is 33.4 Å². The fourth-order valence-corrected chi connectivity index (χ4v) is 6.18. The molecule has 2 unspecified atom stereocenters. The first-order valence-electron chi connectivity index (χ1n) is 8.22. The predicted molar refractivity (Wildman–Crippen MR) is 98.5 cm³/mol. The van der Waals surface area contributed by atoms with E-state index in [0.29, 0.717) is 24.7 Å². The Hall–Kier alpha value is -1.40. The summed E-state index contributed by atoms with van der Waals surface area (Å²) in [5.41, 5.74) is 2.32. The molecule has 4 rings (SSSR count). The van der Waals surface area contributed by atoms with Crippen LogP contribution in [0.5, 0.6) is 0 Å². The second kappa shape index (κ2) is 6.15. The number of likely N-dealkylation sites (tertiary alicyclic amines) is 2. The van der Waals surface area contributed by atoms with Gasteiger partial charge in [0.05, 0.1) is 0 Å². The normalized spacial score (nSPS) is 29.1. The minimum absolute atomic E-state index is 0.223. The molecule has 4 aliphatic rings. The zero-order valence-electron chi connectivity index (χ0n) is 13.8. The highest BCUT2D eigenvalue weighted by atomic mass is 33.1. The number of hydrogen-bond acceptors (Lipinski definition) is 4. The summed E-state index contributed by atoms with van der Waals surface area (Å²) in [6, 6.07) is 0. The van der Waals surface area contributed by atoms with Crippen LogP contribution >= 0.6 is 21.6 Å². The maximum Gasteiger partial charge on any atom is 0.227 e.